The van der Waals surface area contributed by atoms with Crippen LogP contribution in [0.2, 0.25) is 0 Å². The van der Waals surface area contributed by atoms with Gasteiger partial charge in [0.15, 0.2) is 12.1 Å². The molecule has 0 radical (unpaired) electrons. The number of nitrogens with two attached hydrogens (primary N) is 1. The molecule has 5 rings (SSSR count). The first-order chi connectivity index (χ1) is 13.1. The first-order valence-electron chi connectivity index (χ1n) is 8.64. The van der Waals surface area contributed by atoms with Crippen molar-refractivity contribution in [2.75, 3.05) is 13.2 Å². The second kappa shape index (κ2) is 6.38. The van der Waals surface area contributed by atoms with Crippen molar-refractivity contribution in [1.82, 2.24) is 19.6 Å². The molecule has 0 saturated carbocycles. The van der Waals surface area contributed by atoms with E-state index in [1.54, 1.807) is 23.1 Å². The number of halogens is 1. The van der Waals surface area contributed by atoms with Crippen molar-refractivity contribution in [2.45, 2.75) is 18.9 Å². The minimum atomic E-state index is -0.359. The molecule has 4 heterocycles. The third-order valence-corrected chi connectivity index (χ3v) is 5.80. The lowest BCUT2D eigenvalue weighted by Crippen LogP contribution is -2.42. The zero-order chi connectivity index (χ0) is 18.5. The molecule has 7 nitrogen and oxygen atoms in total. The fraction of sp³-hybridized carbons (Fsp3) is 0.333. The summed E-state index contributed by atoms with van der Waals surface area (Å²) in [5, 5.41) is 10.4. The van der Waals surface area contributed by atoms with Gasteiger partial charge in [-0.1, -0.05) is 0 Å². The summed E-state index contributed by atoms with van der Waals surface area (Å²) in [5.74, 6) is -0.317. The molecule has 0 unspecified atom stereocenters. The Bertz CT molecular complexity index is 1130. The molecule has 3 aromatic heterocycles. The van der Waals surface area contributed by atoms with E-state index in [1.807, 2.05) is 29.2 Å². The zero-order valence-corrected chi connectivity index (χ0v) is 15.4. The van der Waals surface area contributed by atoms with Crippen LogP contribution in [0.15, 0.2) is 30.6 Å². The molecule has 0 aliphatic carbocycles. The highest BCUT2D eigenvalue weighted by atomic mass is 32.1. The maximum atomic E-state index is 14.4. The average Bonchev–Trinajstić information content (AvgIpc) is 3.31. The third kappa shape index (κ3) is 3.02. The highest BCUT2D eigenvalue weighted by Crippen LogP contribution is 2.35. The number of aromatic nitrogens is 4. The second-order valence-corrected chi connectivity index (χ2v) is 7.78. The van der Waals surface area contributed by atoms with Crippen LogP contribution in [0.4, 0.5) is 4.39 Å². The van der Waals surface area contributed by atoms with Crippen LogP contribution in [0, 0.1) is 5.82 Å². The molecule has 1 aromatic carbocycles. The standard InChI is InChI=1S/C18H18FN5O2S/c1-23-6-12-2-10(3-14(19)17(12)22-23)15-4-11-5-21-24(18(11)27-15)7-16-25-8-13(20)9-26-16/h2-6,13,16H,7-9,20H2,1H3. The Kier molecular flexibility index (Phi) is 3.97. The molecule has 27 heavy (non-hydrogen) atoms. The lowest BCUT2D eigenvalue weighted by molar-refractivity contribution is -0.191. The van der Waals surface area contributed by atoms with E-state index in [-0.39, 0.29) is 18.1 Å². The molecule has 0 spiro atoms. The Morgan fingerprint density at radius 1 is 1.26 bits per heavy atom. The van der Waals surface area contributed by atoms with E-state index in [4.69, 9.17) is 15.2 Å². The van der Waals surface area contributed by atoms with Crippen molar-refractivity contribution < 1.29 is 13.9 Å². The van der Waals surface area contributed by atoms with Crippen molar-refractivity contribution in [2.24, 2.45) is 12.8 Å². The van der Waals surface area contributed by atoms with Crippen LogP contribution in [-0.2, 0) is 23.1 Å². The van der Waals surface area contributed by atoms with Crippen LogP contribution in [-0.4, -0.2) is 45.1 Å². The van der Waals surface area contributed by atoms with E-state index in [2.05, 4.69) is 10.2 Å². The lowest BCUT2D eigenvalue weighted by atomic mass is 10.1. The van der Waals surface area contributed by atoms with Crippen LogP contribution >= 0.6 is 11.3 Å². The van der Waals surface area contributed by atoms with Gasteiger partial charge in [-0.2, -0.15) is 10.2 Å². The normalized spacial score (nSPS) is 20.7. The predicted molar refractivity (Wildman–Crippen MR) is 101 cm³/mol. The molecule has 1 fully saturated rings. The quantitative estimate of drug-likeness (QED) is 0.584. The summed E-state index contributed by atoms with van der Waals surface area (Å²) >= 11 is 1.57. The Balaban J connectivity index is 1.47. The summed E-state index contributed by atoms with van der Waals surface area (Å²) in [7, 11) is 1.79. The molecule has 0 bridgehead atoms. The van der Waals surface area contributed by atoms with Gasteiger partial charge in [-0.05, 0) is 23.8 Å². The Labute approximate surface area is 158 Å². The zero-order valence-electron chi connectivity index (χ0n) is 14.6. The summed E-state index contributed by atoms with van der Waals surface area (Å²) in [6, 6.07) is 5.44. The SMILES string of the molecule is Cn1cc2cc(-c3cc4cnn(CC5OCC(N)CO5)c4s3)cc(F)c2n1. The molecule has 0 atom stereocenters. The molecule has 1 aliphatic rings. The van der Waals surface area contributed by atoms with Crippen molar-refractivity contribution in [3.8, 4) is 10.4 Å². The van der Waals surface area contributed by atoms with Crippen molar-refractivity contribution in [3.63, 3.8) is 0 Å². The number of benzene rings is 1. The van der Waals surface area contributed by atoms with Crippen molar-refractivity contribution in [3.05, 3.63) is 36.4 Å². The van der Waals surface area contributed by atoms with Gasteiger partial charge in [0, 0.05) is 28.9 Å². The minimum Gasteiger partial charge on any atom is -0.349 e. The number of fused-ring (bicyclic) bond motifs is 2. The van der Waals surface area contributed by atoms with Gasteiger partial charge < -0.3 is 15.2 Å². The molecular weight excluding hydrogens is 369 g/mol. The molecule has 140 valence electrons. The molecule has 2 N–H and O–H groups in total. The Hall–Kier alpha value is -2.33. The maximum Gasteiger partial charge on any atom is 0.177 e. The number of hydrogen-bond acceptors (Lipinski definition) is 6. The van der Waals surface area contributed by atoms with Crippen LogP contribution in [0.5, 0.6) is 0 Å². The van der Waals surface area contributed by atoms with E-state index < -0.39 is 0 Å². The van der Waals surface area contributed by atoms with E-state index in [1.165, 1.54) is 6.07 Å². The summed E-state index contributed by atoms with van der Waals surface area (Å²) < 4.78 is 29.1. The molecule has 1 saturated heterocycles. The fourth-order valence-electron chi connectivity index (χ4n) is 3.31. The van der Waals surface area contributed by atoms with Gasteiger partial charge >= 0.3 is 0 Å². The monoisotopic (exact) mass is 387 g/mol. The fourth-order valence-corrected chi connectivity index (χ4v) is 4.39. The van der Waals surface area contributed by atoms with Crippen molar-refractivity contribution >= 4 is 32.5 Å². The van der Waals surface area contributed by atoms with Crippen LogP contribution in [0.25, 0.3) is 31.6 Å². The van der Waals surface area contributed by atoms with Gasteiger partial charge in [-0.25, -0.2) is 9.07 Å². The number of nitrogens with zero attached hydrogens (tertiary/aromatic N) is 4. The second-order valence-electron chi connectivity index (χ2n) is 6.75. The van der Waals surface area contributed by atoms with E-state index in [0.717, 1.165) is 26.0 Å². The molecule has 0 amide bonds. The number of ether oxygens (including phenoxy) is 2. The highest BCUT2D eigenvalue weighted by molar-refractivity contribution is 7.21. The van der Waals surface area contributed by atoms with Crippen molar-refractivity contribution in [1.29, 1.82) is 0 Å². The largest absolute Gasteiger partial charge is 0.349 e. The summed E-state index contributed by atoms with van der Waals surface area (Å²) in [6.45, 7) is 1.45. The third-order valence-electron chi connectivity index (χ3n) is 4.59. The summed E-state index contributed by atoms with van der Waals surface area (Å²) in [6.07, 6.45) is 3.27. The number of hydrogen-bond donors (Lipinski definition) is 1. The Morgan fingerprint density at radius 2 is 2.07 bits per heavy atom. The van der Waals surface area contributed by atoms with Gasteiger partial charge in [-0.15, -0.1) is 11.3 Å². The van der Waals surface area contributed by atoms with Crippen LogP contribution < -0.4 is 5.73 Å². The summed E-state index contributed by atoms with van der Waals surface area (Å²) in [4.78, 5) is 1.98. The number of thiophene rings is 1. The van der Waals surface area contributed by atoms with Gasteiger partial charge in [0.2, 0.25) is 0 Å². The van der Waals surface area contributed by atoms with Crippen LogP contribution in [0.3, 0.4) is 0 Å². The first-order valence-corrected chi connectivity index (χ1v) is 9.46. The molecule has 9 heteroatoms. The van der Waals surface area contributed by atoms with E-state index in [0.29, 0.717) is 25.3 Å². The molecule has 1 aliphatic heterocycles. The average molecular weight is 387 g/mol. The van der Waals surface area contributed by atoms with Crippen LogP contribution in [0.1, 0.15) is 0 Å². The maximum absolute atomic E-state index is 14.4. The van der Waals surface area contributed by atoms with Gasteiger partial charge in [-0.3, -0.25) is 4.68 Å². The number of rotatable bonds is 3. The highest BCUT2D eigenvalue weighted by Gasteiger charge is 2.21. The smallest absolute Gasteiger partial charge is 0.177 e. The van der Waals surface area contributed by atoms with Gasteiger partial charge in [0.1, 0.15) is 10.3 Å². The topological polar surface area (TPSA) is 80.1 Å². The van der Waals surface area contributed by atoms with E-state index >= 15 is 0 Å². The first kappa shape index (κ1) is 16.8. The Morgan fingerprint density at radius 3 is 2.89 bits per heavy atom. The van der Waals surface area contributed by atoms with Gasteiger partial charge in [0.05, 0.1) is 32.0 Å². The summed E-state index contributed by atoms with van der Waals surface area (Å²) in [5.41, 5.74) is 6.99. The molecular formula is C18H18FN5O2S. The lowest BCUT2D eigenvalue weighted by Gasteiger charge is -2.27. The minimum absolute atomic E-state index is 0.0791. The predicted octanol–water partition coefficient (Wildman–Crippen LogP) is 2.49. The molecule has 4 aromatic rings. The van der Waals surface area contributed by atoms with E-state index in [9.17, 15) is 4.39 Å². The van der Waals surface area contributed by atoms with Gasteiger partial charge in [0.25, 0.3) is 0 Å². The number of aryl methyl sites for hydroxylation is 1.